The minimum absolute atomic E-state index is 0. The van der Waals surface area contributed by atoms with Crippen molar-refractivity contribution in [2.24, 2.45) is 5.41 Å². The summed E-state index contributed by atoms with van der Waals surface area (Å²) in [6.07, 6.45) is 9.31. The fraction of sp³-hybridized carbons (Fsp3) is 0.500. The molecule has 0 saturated heterocycles. The van der Waals surface area contributed by atoms with Gasteiger partial charge in [0.1, 0.15) is 0 Å². The molecule has 0 saturated carbocycles. The van der Waals surface area contributed by atoms with Crippen molar-refractivity contribution < 1.29 is 22.0 Å². The van der Waals surface area contributed by atoms with Crippen LogP contribution in [0.4, 0.5) is 0 Å². The van der Waals surface area contributed by atoms with E-state index in [1.807, 2.05) is 0 Å². The van der Waals surface area contributed by atoms with Gasteiger partial charge in [0.25, 0.3) is 0 Å². The molecule has 1 heteroatoms. The van der Waals surface area contributed by atoms with Crippen LogP contribution in [0.2, 0.25) is 0 Å². The Morgan fingerprint density at radius 2 is 2.00 bits per heavy atom. The van der Waals surface area contributed by atoms with E-state index in [1.54, 1.807) is 24.5 Å². The molecule has 17 heavy (non-hydrogen) atoms. The van der Waals surface area contributed by atoms with Crippen LogP contribution in [0, 0.1) is 5.41 Å². The summed E-state index contributed by atoms with van der Waals surface area (Å²) in [5.41, 5.74) is 5.12. The Balaban J connectivity index is 0.00000162. The van der Waals surface area contributed by atoms with Gasteiger partial charge in [-0.05, 0) is 0 Å². The maximum Gasteiger partial charge on any atom is -1.00 e. The van der Waals surface area contributed by atoms with Crippen molar-refractivity contribution in [3.8, 4) is 0 Å². The molecule has 2 aliphatic rings. The second-order valence-corrected chi connectivity index (χ2v) is 7.56. The fourth-order valence-electron chi connectivity index (χ4n) is 2.86. The van der Waals surface area contributed by atoms with E-state index < -0.39 is 0 Å². The maximum atomic E-state index is 2.45. The van der Waals surface area contributed by atoms with Crippen molar-refractivity contribution in [1.82, 2.24) is 0 Å². The van der Waals surface area contributed by atoms with Gasteiger partial charge in [-0.2, -0.15) is 0 Å². The monoisotopic (exact) mass is 264 g/mol. The molecule has 0 aliphatic heterocycles. The summed E-state index contributed by atoms with van der Waals surface area (Å²) in [6.45, 7) is 11.8. The number of hydrogen-bond donors (Lipinski definition) is 0. The molecule has 0 aromatic rings. The molecule has 0 bridgehead atoms. The molecule has 0 fully saturated rings. The Labute approximate surface area is 117 Å². The smallest absolute Gasteiger partial charge is 1.00 e. The standard InChI is InChI=1S/C11H17.C5H5.Ti.2H/c1-6-11(5)7-8(2)9(3)10(11)4;1-2-4-5-3-1;;;/h6H2,1-5H3;1-3H,4H2;;;/q;;;2*-1. The van der Waals surface area contributed by atoms with E-state index in [1.165, 1.54) is 12.8 Å². The van der Waals surface area contributed by atoms with Crippen molar-refractivity contribution in [3.05, 3.63) is 42.7 Å². The van der Waals surface area contributed by atoms with E-state index >= 15 is 0 Å². The van der Waals surface area contributed by atoms with Crippen molar-refractivity contribution in [3.63, 3.8) is 0 Å². The fourth-order valence-corrected chi connectivity index (χ4v) is 5.57. The van der Waals surface area contributed by atoms with Crippen LogP contribution in [0.5, 0.6) is 0 Å². The third-order valence-corrected chi connectivity index (χ3v) is 7.56. The van der Waals surface area contributed by atoms with Gasteiger partial charge in [-0.3, -0.25) is 0 Å². The predicted molar refractivity (Wildman–Crippen MR) is 73.5 cm³/mol. The summed E-state index contributed by atoms with van der Waals surface area (Å²) in [5, 5.41) is 0. The van der Waals surface area contributed by atoms with Crippen LogP contribution >= 0.6 is 0 Å². The Morgan fingerprint density at radius 3 is 2.53 bits per heavy atom. The van der Waals surface area contributed by atoms with E-state index in [0.29, 0.717) is 5.41 Å². The van der Waals surface area contributed by atoms with Crippen LogP contribution < -0.4 is 0 Å². The molecular weight excluding hydrogens is 240 g/mol. The van der Waals surface area contributed by atoms with Crippen LogP contribution in [0.1, 0.15) is 50.3 Å². The molecule has 0 aromatic heterocycles. The second-order valence-electron chi connectivity index (χ2n) is 5.38. The van der Waals surface area contributed by atoms with Crippen molar-refractivity contribution >= 4 is 0 Å². The summed E-state index contributed by atoms with van der Waals surface area (Å²) >= 11 is -0.0864. The van der Waals surface area contributed by atoms with Gasteiger partial charge >= 0.3 is 115 Å². The number of hydrogen-bond acceptors (Lipinski definition) is 0. The second kappa shape index (κ2) is 4.74. The molecule has 0 nitrogen and oxygen atoms in total. The normalized spacial score (nSPS) is 28.2. The predicted octanol–water partition coefficient (Wildman–Crippen LogP) is 5.18. The quantitative estimate of drug-likeness (QED) is 0.616. The zero-order valence-electron chi connectivity index (χ0n) is 13.6. The first-order chi connectivity index (χ1) is 8.00. The van der Waals surface area contributed by atoms with Gasteiger partial charge in [0.05, 0.1) is 0 Å². The van der Waals surface area contributed by atoms with Crippen molar-refractivity contribution in [2.75, 3.05) is 0 Å². The van der Waals surface area contributed by atoms with Gasteiger partial charge in [0.15, 0.2) is 0 Å². The average Bonchev–Trinajstić information content (AvgIpc) is 2.89. The summed E-state index contributed by atoms with van der Waals surface area (Å²) in [4.78, 5) is 0. The molecule has 2 aliphatic carbocycles. The van der Waals surface area contributed by atoms with Crippen LogP contribution in [0.3, 0.4) is 0 Å². The third kappa shape index (κ3) is 2.06. The molecule has 0 amide bonds. The third-order valence-electron chi connectivity index (χ3n) is 4.64. The summed E-state index contributed by atoms with van der Waals surface area (Å²) in [5.74, 6) is 0. The maximum absolute atomic E-state index is 2.45. The zero-order chi connectivity index (χ0) is 12.6. The van der Waals surface area contributed by atoms with E-state index in [4.69, 9.17) is 0 Å². The van der Waals surface area contributed by atoms with Gasteiger partial charge < -0.3 is 2.85 Å². The number of allylic oxidation sites excluding steroid dienone is 8. The average molecular weight is 264 g/mol. The largest absolute Gasteiger partial charge is 1.00 e. The molecule has 1 unspecified atom stereocenters. The van der Waals surface area contributed by atoms with E-state index in [9.17, 15) is 0 Å². The van der Waals surface area contributed by atoms with Gasteiger partial charge in [-0.25, -0.2) is 0 Å². The van der Waals surface area contributed by atoms with E-state index in [0.717, 1.165) is 0 Å². The number of rotatable bonds is 3. The first-order valence-electron chi connectivity index (χ1n) is 6.53. The topological polar surface area (TPSA) is 0 Å². The molecule has 0 radical (unpaired) electrons. The molecule has 2 rings (SSSR count). The van der Waals surface area contributed by atoms with Gasteiger partial charge in [0, 0.05) is 0 Å². The van der Waals surface area contributed by atoms with Crippen LogP contribution in [-0.4, -0.2) is 0 Å². The molecule has 94 valence electrons. The minimum atomic E-state index is -0.0864. The Kier molecular flexibility index (Phi) is 3.66. The van der Waals surface area contributed by atoms with Gasteiger partial charge in [0.2, 0.25) is 0 Å². The SMILES string of the molecule is CCC1(C)C(C)=C(C)C(C)=[C]1[Ti][C]1=CC=CC1.[H-].[H-]. The first-order valence-corrected chi connectivity index (χ1v) is 8.09. The summed E-state index contributed by atoms with van der Waals surface area (Å²) in [7, 11) is 0. The van der Waals surface area contributed by atoms with Crippen LogP contribution in [0.15, 0.2) is 42.7 Å². The molecule has 0 N–H and O–H groups in total. The minimum Gasteiger partial charge on any atom is -1.00 e. The van der Waals surface area contributed by atoms with Crippen LogP contribution in [0.25, 0.3) is 0 Å². The zero-order valence-corrected chi connectivity index (χ0v) is 13.2. The Hall–Kier alpha value is -0.326. The first kappa shape index (κ1) is 13.1. The van der Waals surface area contributed by atoms with Crippen molar-refractivity contribution in [1.29, 1.82) is 0 Å². The van der Waals surface area contributed by atoms with E-state index in [-0.39, 0.29) is 22.0 Å². The molecule has 0 aromatic carbocycles. The Bertz CT molecular complexity index is 469. The van der Waals surface area contributed by atoms with Crippen LogP contribution in [-0.2, 0) is 19.2 Å². The van der Waals surface area contributed by atoms with Crippen molar-refractivity contribution in [2.45, 2.75) is 47.5 Å². The van der Waals surface area contributed by atoms with Gasteiger partial charge in [-0.15, -0.1) is 0 Å². The molecule has 0 heterocycles. The summed E-state index contributed by atoms with van der Waals surface area (Å²) < 4.78 is 3.48. The van der Waals surface area contributed by atoms with Gasteiger partial charge in [-0.1, -0.05) is 0 Å². The molecule has 1 atom stereocenters. The molecule has 0 spiro atoms. The van der Waals surface area contributed by atoms with E-state index in [2.05, 4.69) is 52.8 Å². The Morgan fingerprint density at radius 1 is 1.29 bits per heavy atom. The molecular formula is C16H24Ti-2. The summed E-state index contributed by atoms with van der Waals surface area (Å²) in [6, 6.07) is 0.